The number of aromatic amines is 1. The van der Waals surface area contributed by atoms with Gasteiger partial charge in [0, 0.05) is 31.4 Å². The van der Waals surface area contributed by atoms with Crippen molar-refractivity contribution in [3.05, 3.63) is 63.1 Å². The normalized spacial score (nSPS) is 13.7. The highest BCUT2D eigenvalue weighted by Gasteiger charge is 2.24. The first-order valence-electron chi connectivity index (χ1n) is 7.89. The van der Waals surface area contributed by atoms with Crippen LogP contribution in [-0.4, -0.2) is 37.2 Å². The number of rotatable bonds is 2. The standard InChI is InChI=1S/C17H15N5O3/c1-10-19-15-7-12(8-18-16(15)20-10)17(23)21-5-4-11-2-3-14(22(24)25)6-13(11)9-21/h2-3,6-8H,4-5,9H2,1H3,(H,18,19,20). The Balaban J connectivity index is 1.62. The number of H-pyrrole nitrogens is 1. The van der Waals surface area contributed by atoms with Crippen molar-refractivity contribution < 1.29 is 9.72 Å². The fourth-order valence-electron chi connectivity index (χ4n) is 3.15. The average Bonchev–Trinajstić information content (AvgIpc) is 2.99. The van der Waals surface area contributed by atoms with Gasteiger partial charge in [0.2, 0.25) is 0 Å². The lowest BCUT2D eigenvalue weighted by Crippen LogP contribution is -2.36. The molecule has 25 heavy (non-hydrogen) atoms. The van der Waals surface area contributed by atoms with Crippen LogP contribution < -0.4 is 0 Å². The van der Waals surface area contributed by atoms with Gasteiger partial charge in [-0.2, -0.15) is 0 Å². The number of hydrogen-bond acceptors (Lipinski definition) is 5. The number of hydrogen-bond donors (Lipinski definition) is 1. The number of nitrogens with one attached hydrogen (secondary N) is 1. The molecule has 4 rings (SSSR count). The van der Waals surface area contributed by atoms with Gasteiger partial charge >= 0.3 is 0 Å². The molecule has 0 spiro atoms. The molecule has 1 N–H and O–H groups in total. The molecule has 3 heterocycles. The minimum Gasteiger partial charge on any atom is -0.341 e. The first-order chi connectivity index (χ1) is 12.0. The van der Waals surface area contributed by atoms with Gasteiger partial charge in [0.05, 0.1) is 16.0 Å². The number of imidazole rings is 1. The Bertz CT molecular complexity index is 1010. The molecule has 0 bridgehead atoms. The van der Waals surface area contributed by atoms with Crippen molar-refractivity contribution in [2.24, 2.45) is 0 Å². The second kappa shape index (κ2) is 5.66. The van der Waals surface area contributed by atoms with E-state index in [1.54, 1.807) is 23.1 Å². The van der Waals surface area contributed by atoms with Crippen LogP contribution in [0.25, 0.3) is 11.2 Å². The number of aromatic nitrogens is 3. The van der Waals surface area contributed by atoms with Crippen molar-refractivity contribution in [1.29, 1.82) is 0 Å². The summed E-state index contributed by atoms with van der Waals surface area (Å²) < 4.78 is 0. The Kier molecular flexibility index (Phi) is 3.45. The molecule has 1 aliphatic heterocycles. The van der Waals surface area contributed by atoms with Gasteiger partial charge in [0.25, 0.3) is 11.6 Å². The van der Waals surface area contributed by atoms with Gasteiger partial charge in [-0.05, 0) is 30.5 Å². The molecule has 0 unspecified atom stereocenters. The second-order valence-corrected chi connectivity index (χ2v) is 6.10. The van der Waals surface area contributed by atoms with E-state index < -0.39 is 4.92 Å². The first kappa shape index (κ1) is 15.3. The molecule has 1 aliphatic rings. The molecule has 0 radical (unpaired) electrons. The molecule has 0 fully saturated rings. The number of benzene rings is 1. The summed E-state index contributed by atoms with van der Waals surface area (Å²) in [6.07, 6.45) is 2.20. The van der Waals surface area contributed by atoms with Gasteiger partial charge in [0.1, 0.15) is 5.82 Å². The van der Waals surface area contributed by atoms with E-state index in [9.17, 15) is 14.9 Å². The van der Waals surface area contributed by atoms with Crippen LogP contribution in [0.15, 0.2) is 30.5 Å². The number of carbonyl (C=O) groups is 1. The van der Waals surface area contributed by atoms with Crippen molar-refractivity contribution in [3.63, 3.8) is 0 Å². The zero-order valence-corrected chi connectivity index (χ0v) is 13.5. The number of aryl methyl sites for hydroxylation is 1. The Hall–Kier alpha value is -3.29. The zero-order valence-electron chi connectivity index (χ0n) is 13.5. The third-order valence-electron chi connectivity index (χ3n) is 4.40. The van der Waals surface area contributed by atoms with Crippen LogP contribution in [0.4, 0.5) is 5.69 Å². The lowest BCUT2D eigenvalue weighted by molar-refractivity contribution is -0.385. The predicted molar refractivity (Wildman–Crippen MR) is 90.2 cm³/mol. The zero-order chi connectivity index (χ0) is 17.6. The SMILES string of the molecule is Cc1nc2ncc(C(=O)N3CCc4ccc([N+](=O)[O-])cc4C3)cc2[nH]1. The molecule has 2 aromatic heterocycles. The number of nitro groups is 1. The molecule has 0 saturated carbocycles. The lowest BCUT2D eigenvalue weighted by Gasteiger charge is -2.28. The van der Waals surface area contributed by atoms with Crippen molar-refractivity contribution in [2.75, 3.05) is 6.54 Å². The van der Waals surface area contributed by atoms with E-state index in [1.165, 1.54) is 12.3 Å². The van der Waals surface area contributed by atoms with Crippen LogP contribution in [0, 0.1) is 17.0 Å². The summed E-state index contributed by atoms with van der Waals surface area (Å²) in [5.74, 6) is 0.602. The average molecular weight is 337 g/mol. The first-order valence-corrected chi connectivity index (χ1v) is 7.89. The van der Waals surface area contributed by atoms with Crippen molar-refractivity contribution in [2.45, 2.75) is 19.9 Å². The minimum absolute atomic E-state index is 0.0454. The molecule has 0 atom stereocenters. The van der Waals surface area contributed by atoms with Crippen molar-refractivity contribution in [3.8, 4) is 0 Å². The maximum absolute atomic E-state index is 12.8. The van der Waals surface area contributed by atoms with Crippen molar-refractivity contribution in [1.82, 2.24) is 19.9 Å². The number of nitrogens with zero attached hydrogens (tertiary/aromatic N) is 4. The Labute approximate surface area is 142 Å². The predicted octanol–water partition coefficient (Wildman–Crippen LogP) is 2.37. The third-order valence-corrected chi connectivity index (χ3v) is 4.40. The molecule has 3 aromatic rings. The maximum Gasteiger partial charge on any atom is 0.269 e. The molecule has 126 valence electrons. The van der Waals surface area contributed by atoms with Crippen LogP contribution in [-0.2, 0) is 13.0 Å². The largest absolute Gasteiger partial charge is 0.341 e. The fourth-order valence-corrected chi connectivity index (χ4v) is 3.15. The molecule has 8 heteroatoms. The van der Waals surface area contributed by atoms with E-state index in [1.807, 2.05) is 6.92 Å². The number of nitro benzene ring substituents is 1. The summed E-state index contributed by atoms with van der Waals surface area (Å²) in [6, 6.07) is 6.58. The number of non-ortho nitro benzene ring substituents is 1. The van der Waals surface area contributed by atoms with Crippen LogP contribution in [0.3, 0.4) is 0 Å². The third kappa shape index (κ3) is 2.71. The monoisotopic (exact) mass is 337 g/mol. The molecule has 1 aromatic carbocycles. The van der Waals surface area contributed by atoms with E-state index in [-0.39, 0.29) is 11.6 Å². The Morgan fingerprint density at radius 3 is 2.96 bits per heavy atom. The minimum atomic E-state index is -0.417. The van der Waals surface area contributed by atoms with E-state index in [2.05, 4.69) is 15.0 Å². The summed E-state index contributed by atoms with van der Waals surface area (Å²) in [7, 11) is 0. The van der Waals surface area contributed by atoms with E-state index in [0.717, 1.165) is 22.5 Å². The quantitative estimate of drug-likeness (QED) is 0.571. The Morgan fingerprint density at radius 2 is 2.16 bits per heavy atom. The van der Waals surface area contributed by atoms with Gasteiger partial charge in [-0.25, -0.2) is 9.97 Å². The van der Waals surface area contributed by atoms with Gasteiger partial charge < -0.3 is 9.88 Å². The second-order valence-electron chi connectivity index (χ2n) is 6.10. The molecular formula is C17H15N5O3. The Morgan fingerprint density at radius 1 is 1.32 bits per heavy atom. The maximum atomic E-state index is 12.8. The molecule has 1 amide bonds. The van der Waals surface area contributed by atoms with Gasteiger partial charge in [-0.15, -0.1) is 0 Å². The summed E-state index contributed by atoms with van der Waals surface area (Å²) in [5.41, 5.74) is 3.69. The number of pyridine rings is 1. The van der Waals surface area contributed by atoms with Crippen LogP contribution in [0.2, 0.25) is 0 Å². The number of fused-ring (bicyclic) bond motifs is 2. The number of amides is 1. The summed E-state index contributed by atoms with van der Waals surface area (Å²) >= 11 is 0. The van der Waals surface area contributed by atoms with E-state index in [0.29, 0.717) is 30.7 Å². The van der Waals surface area contributed by atoms with Gasteiger partial charge in [-0.3, -0.25) is 14.9 Å². The smallest absolute Gasteiger partial charge is 0.269 e. The molecule has 8 nitrogen and oxygen atoms in total. The van der Waals surface area contributed by atoms with Crippen LogP contribution in [0.5, 0.6) is 0 Å². The fraction of sp³-hybridized carbons (Fsp3) is 0.235. The van der Waals surface area contributed by atoms with Gasteiger partial charge in [0.15, 0.2) is 5.65 Å². The summed E-state index contributed by atoms with van der Waals surface area (Å²) in [6.45, 7) is 2.76. The highest BCUT2D eigenvalue weighted by atomic mass is 16.6. The lowest BCUT2D eigenvalue weighted by atomic mass is 9.98. The van der Waals surface area contributed by atoms with Gasteiger partial charge in [-0.1, -0.05) is 6.07 Å². The summed E-state index contributed by atoms with van der Waals surface area (Å²) in [4.78, 5) is 36.5. The topological polar surface area (TPSA) is 105 Å². The molecule has 0 aliphatic carbocycles. The highest BCUT2D eigenvalue weighted by molar-refractivity contribution is 5.96. The molecular weight excluding hydrogens is 322 g/mol. The van der Waals surface area contributed by atoms with Crippen molar-refractivity contribution >= 4 is 22.8 Å². The van der Waals surface area contributed by atoms with Crippen LogP contribution in [0.1, 0.15) is 27.3 Å². The van der Waals surface area contributed by atoms with Crippen LogP contribution >= 0.6 is 0 Å². The molecule has 0 saturated heterocycles. The summed E-state index contributed by atoms with van der Waals surface area (Å²) in [5, 5.41) is 11.0. The van der Waals surface area contributed by atoms with E-state index >= 15 is 0 Å². The number of carbonyl (C=O) groups excluding carboxylic acids is 1. The highest BCUT2D eigenvalue weighted by Crippen LogP contribution is 2.25. The van der Waals surface area contributed by atoms with E-state index in [4.69, 9.17) is 0 Å².